The van der Waals surface area contributed by atoms with Gasteiger partial charge in [-0.15, -0.1) is 0 Å². The van der Waals surface area contributed by atoms with Crippen molar-refractivity contribution in [2.75, 3.05) is 6.54 Å². The number of amides is 1. The van der Waals surface area contributed by atoms with Crippen molar-refractivity contribution in [3.05, 3.63) is 34.1 Å². The highest BCUT2D eigenvalue weighted by Crippen LogP contribution is 2.20. The standard InChI is InChI=1S/C13H15BrFNO3/c1-8(2)16(6-5-12(17)18)13(19)10-4-3-9(15)7-11(10)14/h3-4,7-8H,5-6H2,1-2H3,(H,17,18). The molecule has 0 fully saturated rings. The topological polar surface area (TPSA) is 57.6 Å². The number of hydrogen-bond donors (Lipinski definition) is 1. The summed E-state index contributed by atoms with van der Waals surface area (Å²) in [6.45, 7) is 3.73. The maximum atomic E-state index is 13.0. The summed E-state index contributed by atoms with van der Waals surface area (Å²) in [5, 5.41) is 8.69. The summed E-state index contributed by atoms with van der Waals surface area (Å²) in [4.78, 5) is 24.4. The quantitative estimate of drug-likeness (QED) is 0.902. The summed E-state index contributed by atoms with van der Waals surface area (Å²) in [5.74, 6) is -1.72. The van der Waals surface area contributed by atoms with Crippen molar-refractivity contribution in [2.24, 2.45) is 0 Å². The lowest BCUT2D eigenvalue weighted by atomic mass is 10.1. The van der Waals surface area contributed by atoms with E-state index in [0.717, 1.165) is 0 Å². The van der Waals surface area contributed by atoms with Crippen molar-refractivity contribution in [1.29, 1.82) is 0 Å². The van der Waals surface area contributed by atoms with Gasteiger partial charge in [0.15, 0.2) is 0 Å². The van der Waals surface area contributed by atoms with Crippen LogP contribution < -0.4 is 0 Å². The second-order valence-corrected chi connectivity index (χ2v) is 5.21. The van der Waals surface area contributed by atoms with Crippen LogP contribution in [-0.2, 0) is 4.79 Å². The van der Waals surface area contributed by atoms with Gasteiger partial charge in [-0.1, -0.05) is 0 Å². The second kappa shape index (κ2) is 6.65. The molecule has 1 amide bonds. The van der Waals surface area contributed by atoms with Crippen LogP contribution in [0.5, 0.6) is 0 Å². The molecule has 0 aliphatic rings. The number of hydrogen-bond acceptors (Lipinski definition) is 2. The molecule has 0 saturated heterocycles. The van der Waals surface area contributed by atoms with Gasteiger partial charge in [-0.25, -0.2) is 4.39 Å². The Morgan fingerprint density at radius 1 is 1.42 bits per heavy atom. The number of nitrogens with zero attached hydrogens (tertiary/aromatic N) is 1. The van der Waals surface area contributed by atoms with Crippen LogP contribution in [0.1, 0.15) is 30.6 Å². The minimum atomic E-state index is -0.961. The lowest BCUT2D eigenvalue weighted by Gasteiger charge is -2.26. The molecule has 1 aromatic carbocycles. The number of benzene rings is 1. The first-order valence-corrected chi connectivity index (χ1v) is 6.60. The van der Waals surface area contributed by atoms with Crippen LogP contribution in [0.15, 0.2) is 22.7 Å². The van der Waals surface area contributed by atoms with Crippen LogP contribution in [0.3, 0.4) is 0 Å². The summed E-state index contributed by atoms with van der Waals surface area (Å²) in [6.07, 6.45) is -0.122. The van der Waals surface area contributed by atoms with Crippen LogP contribution in [0.2, 0.25) is 0 Å². The van der Waals surface area contributed by atoms with Crippen LogP contribution in [0.4, 0.5) is 4.39 Å². The number of carbonyl (C=O) groups excluding carboxylic acids is 1. The highest BCUT2D eigenvalue weighted by molar-refractivity contribution is 9.10. The Kier molecular flexibility index (Phi) is 5.47. The van der Waals surface area contributed by atoms with Crippen molar-refractivity contribution in [3.63, 3.8) is 0 Å². The Morgan fingerprint density at radius 2 is 2.05 bits per heavy atom. The van der Waals surface area contributed by atoms with Crippen molar-refractivity contribution >= 4 is 27.8 Å². The fourth-order valence-electron chi connectivity index (χ4n) is 1.63. The van der Waals surface area contributed by atoms with Gasteiger partial charge in [-0.05, 0) is 48.0 Å². The number of carboxylic acid groups (broad SMARTS) is 1. The highest BCUT2D eigenvalue weighted by Gasteiger charge is 2.21. The molecule has 19 heavy (non-hydrogen) atoms. The molecule has 0 aromatic heterocycles. The zero-order chi connectivity index (χ0) is 14.6. The van der Waals surface area contributed by atoms with Gasteiger partial charge in [0.2, 0.25) is 0 Å². The smallest absolute Gasteiger partial charge is 0.305 e. The maximum absolute atomic E-state index is 13.0. The first kappa shape index (κ1) is 15.6. The van der Waals surface area contributed by atoms with Crippen molar-refractivity contribution in [3.8, 4) is 0 Å². The van der Waals surface area contributed by atoms with Gasteiger partial charge in [0.25, 0.3) is 5.91 Å². The van der Waals surface area contributed by atoms with Gasteiger partial charge in [0.1, 0.15) is 5.82 Å². The Balaban J connectivity index is 2.95. The molecule has 0 aliphatic heterocycles. The summed E-state index contributed by atoms with van der Waals surface area (Å²) < 4.78 is 13.4. The van der Waals surface area contributed by atoms with E-state index in [1.807, 2.05) is 0 Å². The van der Waals surface area contributed by atoms with E-state index in [1.165, 1.54) is 23.1 Å². The van der Waals surface area contributed by atoms with E-state index >= 15 is 0 Å². The molecular formula is C13H15BrFNO3. The fourth-order valence-corrected chi connectivity index (χ4v) is 2.15. The molecule has 0 atom stereocenters. The first-order chi connectivity index (χ1) is 8.82. The van der Waals surface area contributed by atoms with E-state index in [9.17, 15) is 14.0 Å². The predicted octanol–water partition coefficient (Wildman–Crippen LogP) is 2.91. The summed E-state index contributed by atoms with van der Waals surface area (Å²) >= 11 is 3.14. The van der Waals surface area contributed by atoms with Crippen LogP contribution >= 0.6 is 15.9 Å². The molecule has 0 heterocycles. The molecule has 4 nitrogen and oxygen atoms in total. The zero-order valence-corrected chi connectivity index (χ0v) is 12.3. The Labute approximate surface area is 119 Å². The van der Waals surface area contributed by atoms with E-state index in [4.69, 9.17) is 5.11 Å². The largest absolute Gasteiger partial charge is 0.481 e. The molecular weight excluding hydrogens is 317 g/mol. The predicted molar refractivity (Wildman–Crippen MR) is 72.5 cm³/mol. The molecule has 0 aliphatic carbocycles. The van der Waals surface area contributed by atoms with Gasteiger partial charge in [0.05, 0.1) is 12.0 Å². The zero-order valence-electron chi connectivity index (χ0n) is 10.7. The SMILES string of the molecule is CC(C)N(CCC(=O)O)C(=O)c1ccc(F)cc1Br. The monoisotopic (exact) mass is 331 g/mol. The van der Waals surface area contributed by atoms with Gasteiger partial charge >= 0.3 is 5.97 Å². The average molecular weight is 332 g/mol. The third-order valence-electron chi connectivity index (χ3n) is 2.61. The highest BCUT2D eigenvalue weighted by atomic mass is 79.9. The molecule has 0 spiro atoms. The third kappa shape index (κ3) is 4.31. The lowest BCUT2D eigenvalue weighted by molar-refractivity contribution is -0.137. The summed E-state index contributed by atoms with van der Waals surface area (Å²) in [7, 11) is 0. The summed E-state index contributed by atoms with van der Waals surface area (Å²) in [5.41, 5.74) is 0.320. The molecule has 1 rings (SSSR count). The number of halogens is 2. The minimum absolute atomic E-state index is 0.121. The molecule has 6 heteroatoms. The van der Waals surface area contributed by atoms with Crippen LogP contribution in [0, 0.1) is 5.82 Å². The minimum Gasteiger partial charge on any atom is -0.481 e. The number of carboxylic acids is 1. The number of carbonyl (C=O) groups is 2. The van der Waals surface area contributed by atoms with Crippen molar-refractivity contribution in [1.82, 2.24) is 4.90 Å². The van der Waals surface area contributed by atoms with E-state index in [2.05, 4.69) is 15.9 Å². The maximum Gasteiger partial charge on any atom is 0.305 e. The van der Waals surface area contributed by atoms with Gasteiger partial charge < -0.3 is 10.0 Å². The van der Waals surface area contributed by atoms with Gasteiger partial charge in [-0.2, -0.15) is 0 Å². The Morgan fingerprint density at radius 3 is 2.53 bits per heavy atom. The van der Waals surface area contributed by atoms with Gasteiger partial charge in [-0.3, -0.25) is 9.59 Å². The Bertz CT molecular complexity index is 491. The molecule has 0 saturated carbocycles. The Hall–Kier alpha value is -1.43. The first-order valence-electron chi connectivity index (χ1n) is 5.80. The molecule has 1 N–H and O–H groups in total. The second-order valence-electron chi connectivity index (χ2n) is 4.36. The molecule has 0 unspecified atom stereocenters. The van der Waals surface area contributed by atoms with Crippen molar-refractivity contribution < 1.29 is 19.1 Å². The van der Waals surface area contributed by atoms with Crippen LogP contribution in [-0.4, -0.2) is 34.5 Å². The van der Waals surface area contributed by atoms with E-state index < -0.39 is 11.8 Å². The van der Waals surface area contributed by atoms with Gasteiger partial charge in [0, 0.05) is 17.1 Å². The third-order valence-corrected chi connectivity index (χ3v) is 3.27. The van der Waals surface area contributed by atoms with E-state index in [0.29, 0.717) is 10.0 Å². The average Bonchev–Trinajstić information content (AvgIpc) is 2.27. The molecule has 1 aromatic rings. The molecule has 0 bridgehead atoms. The molecule has 104 valence electrons. The van der Waals surface area contributed by atoms with E-state index in [-0.39, 0.29) is 24.9 Å². The van der Waals surface area contributed by atoms with E-state index in [1.54, 1.807) is 13.8 Å². The lowest BCUT2D eigenvalue weighted by Crippen LogP contribution is -2.38. The summed E-state index contributed by atoms with van der Waals surface area (Å²) in [6, 6.07) is 3.66. The number of rotatable bonds is 5. The fraction of sp³-hybridized carbons (Fsp3) is 0.385. The molecule has 0 radical (unpaired) electrons. The van der Waals surface area contributed by atoms with Crippen LogP contribution in [0.25, 0.3) is 0 Å². The normalized spacial score (nSPS) is 10.6. The number of aliphatic carboxylic acids is 1. The van der Waals surface area contributed by atoms with Crippen molar-refractivity contribution in [2.45, 2.75) is 26.3 Å².